The van der Waals surface area contributed by atoms with Crippen molar-refractivity contribution in [1.29, 1.82) is 0 Å². The van der Waals surface area contributed by atoms with Crippen LogP contribution in [0.1, 0.15) is 117 Å². The smallest absolute Gasteiger partial charge is 0.305 e. The molecule has 7 atom stereocenters. The second-order valence-corrected chi connectivity index (χ2v) is 17.3. The minimum Gasteiger partial charge on any atom is -0.508 e. The third-order valence-electron chi connectivity index (χ3n) is 10.6. The molecule has 0 heterocycles. The number of carboxylic acid groups (broad SMARTS) is 2. The molecule has 0 bridgehead atoms. The Hall–Kier alpha value is -5.38. The number of aliphatic hydroxyl groups is 1. The van der Waals surface area contributed by atoms with Crippen molar-refractivity contribution in [2.24, 2.45) is 29.0 Å². The van der Waals surface area contributed by atoms with E-state index in [1.54, 1.807) is 26.0 Å². The van der Waals surface area contributed by atoms with Crippen LogP contribution in [0.3, 0.4) is 0 Å². The average molecular weight is 922 g/mol. The average Bonchev–Trinajstić information content (AvgIpc) is 3.19. The Morgan fingerprint density at radius 2 is 0.923 bits per heavy atom. The normalized spacial score (nSPS) is 14.5. The van der Waals surface area contributed by atoms with Crippen LogP contribution in [0, 0.1) is 11.8 Å². The van der Waals surface area contributed by atoms with Crippen LogP contribution in [0.5, 0.6) is 5.75 Å². The molecule has 21 heteroatoms. The van der Waals surface area contributed by atoms with Gasteiger partial charge in [0.25, 0.3) is 0 Å². The predicted molar refractivity (Wildman–Crippen MR) is 242 cm³/mol. The number of benzene rings is 1. The molecule has 0 saturated carbocycles. The second kappa shape index (κ2) is 31.5. The van der Waals surface area contributed by atoms with Gasteiger partial charge in [0, 0.05) is 74.8 Å². The van der Waals surface area contributed by atoms with E-state index in [1.807, 2.05) is 13.8 Å². The summed E-state index contributed by atoms with van der Waals surface area (Å²) in [6.45, 7) is 7.37. The fourth-order valence-electron chi connectivity index (χ4n) is 6.98. The number of hydrogen-bond acceptors (Lipinski definition) is 13. The number of carbonyl (C=O) groups excluding carboxylic acids is 6. The van der Waals surface area contributed by atoms with Crippen LogP contribution in [-0.4, -0.2) is 130 Å². The van der Waals surface area contributed by atoms with Gasteiger partial charge in [-0.15, -0.1) is 0 Å². The standard InChI is InChI=1S/C44H75N9O12/c1-26(2)35(52-37(56)17-29(47)8-5-6-14-45)23-41(60)48-30(9-7-15-46)18-38(57)50-32(22-44(64)65)19-40(59)53-36(27(3)4)24-42(61)51-33(25-54)20-39(58)49-31(21-43(62)63)16-28-10-12-34(55)13-11-28/h10-13,26-27,29-33,35-36,54-55H,5-9,14-25,45-47H2,1-4H3,(H,48,60)(H,49,58)(H,50,57)(H,51,61)(H,52,56)(H,53,59)(H,62,63)(H,64,65)/t29-,30-,31-,32+,33+,35+,36+/m0/s1. The fourth-order valence-corrected chi connectivity index (χ4v) is 6.98. The van der Waals surface area contributed by atoms with E-state index in [9.17, 15) is 58.8 Å². The first-order valence-corrected chi connectivity index (χ1v) is 22.4. The van der Waals surface area contributed by atoms with Crippen molar-refractivity contribution < 1.29 is 58.8 Å². The van der Waals surface area contributed by atoms with Gasteiger partial charge in [0.2, 0.25) is 35.4 Å². The van der Waals surface area contributed by atoms with E-state index in [2.05, 4.69) is 31.9 Å². The van der Waals surface area contributed by atoms with E-state index < -0.39 is 104 Å². The van der Waals surface area contributed by atoms with E-state index >= 15 is 0 Å². The highest BCUT2D eigenvalue weighted by molar-refractivity contribution is 5.84. The van der Waals surface area contributed by atoms with Crippen molar-refractivity contribution in [1.82, 2.24) is 31.9 Å². The highest BCUT2D eigenvalue weighted by Gasteiger charge is 2.28. The number of unbranched alkanes of at least 4 members (excludes halogenated alkanes) is 1. The minimum absolute atomic E-state index is 0.0212. The summed E-state index contributed by atoms with van der Waals surface area (Å²) in [6.07, 6.45) is 0.788. The Balaban J connectivity index is 2.87. The van der Waals surface area contributed by atoms with Gasteiger partial charge in [-0.05, 0) is 74.7 Å². The number of aromatic hydroxyl groups is 1. The number of nitrogens with two attached hydrogens (primary N) is 3. The molecule has 0 aromatic heterocycles. The Bertz CT molecular complexity index is 1660. The molecule has 0 fully saturated rings. The maximum atomic E-state index is 13.3. The first kappa shape index (κ1) is 57.6. The lowest BCUT2D eigenvalue weighted by Gasteiger charge is -2.26. The number of carbonyl (C=O) groups is 8. The van der Waals surface area contributed by atoms with Gasteiger partial charge in [0.1, 0.15) is 5.75 Å². The number of phenolic OH excluding ortho intramolecular Hbond substituents is 1. The highest BCUT2D eigenvalue weighted by Crippen LogP contribution is 2.15. The number of hydrogen-bond donors (Lipinski definition) is 13. The van der Waals surface area contributed by atoms with Crippen molar-refractivity contribution in [2.75, 3.05) is 19.7 Å². The van der Waals surface area contributed by atoms with Crippen LogP contribution in [0.2, 0.25) is 0 Å². The second-order valence-electron chi connectivity index (χ2n) is 17.3. The molecule has 0 unspecified atom stereocenters. The van der Waals surface area contributed by atoms with Gasteiger partial charge in [0.15, 0.2) is 0 Å². The Morgan fingerprint density at radius 3 is 1.42 bits per heavy atom. The zero-order valence-electron chi connectivity index (χ0n) is 38.3. The van der Waals surface area contributed by atoms with Gasteiger partial charge >= 0.3 is 11.9 Å². The summed E-state index contributed by atoms with van der Waals surface area (Å²) >= 11 is 0. The number of phenols is 1. The SMILES string of the molecule is CC(C)[C@@H](CC(=O)N[C@@H](CCCN)CC(=O)N[C@@H](CC(=O)O)CC(=O)N[C@H](CC(=O)N[C@@H](CO)CC(=O)N[C@H](CC(=O)O)Cc1ccc(O)cc1)C(C)C)NC(=O)C[C@@H](N)CCCCN. The number of nitrogens with one attached hydrogen (secondary N) is 6. The van der Waals surface area contributed by atoms with Crippen molar-refractivity contribution in [3.8, 4) is 5.75 Å². The first-order valence-electron chi connectivity index (χ1n) is 22.4. The van der Waals surface area contributed by atoms with Gasteiger partial charge in [-0.1, -0.05) is 46.2 Å². The zero-order valence-corrected chi connectivity index (χ0v) is 38.3. The van der Waals surface area contributed by atoms with Crippen LogP contribution in [0.25, 0.3) is 0 Å². The van der Waals surface area contributed by atoms with E-state index in [-0.39, 0.29) is 74.6 Å². The molecule has 0 aliphatic rings. The summed E-state index contributed by atoms with van der Waals surface area (Å²) in [4.78, 5) is 102. The lowest BCUT2D eigenvalue weighted by molar-refractivity contribution is -0.139. The lowest BCUT2D eigenvalue weighted by Crippen LogP contribution is -2.49. The molecule has 6 amide bonds. The number of carboxylic acids is 2. The van der Waals surface area contributed by atoms with Crippen LogP contribution in [0.15, 0.2) is 24.3 Å². The lowest BCUT2D eigenvalue weighted by atomic mass is 9.98. The van der Waals surface area contributed by atoms with Crippen molar-refractivity contribution in [2.45, 2.75) is 160 Å². The summed E-state index contributed by atoms with van der Waals surface area (Å²) < 4.78 is 0. The number of aliphatic hydroxyl groups excluding tert-OH is 1. The van der Waals surface area contributed by atoms with Gasteiger partial charge in [-0.25, -0.2) is 0 Å². The Labute approximate surface area is 381 Å². The van der Waals surface area contributed by atoms with Gasteiger partial charge < -0.3 is 69.5 Å². The van der Waals surface area contributed by atoms with Crippen LogP contribution < -0.4 is 49.1 Å². The summed E-state index contributed by atoms with van der Waals surface area (Å²) in [6, 6.07) is 0.660. The fraction of sp³-hybridized carbons (Fsp3) is 0.682. The number of aliphatic carboxylic acids is 2. The molecule has 0 aliphatic heterocycles. The molecule has 1 aromatic rings. The van der Waals surface area contributed by atoms with Crippen LogP contribution in [0.4, 0.5) is 0 Å². The van der Waals surface area contributed by atoms with Crippen molar-refractivity contribution in [3.05, 3.63) is 29.8 Å². The monoisotopic (exact) mass is 922 g/mol. The minimum atomic E-state index is -1.29. The Kier molecular flexibility index (Phi) is 27.9. The largest absolute Gasteiger partial charge is 0.508 e. The van der Waals surface area contributed by atoms with Gasteiger partial charge in [0.05, 0.1) is 25.5 Å². The quantitative estimate of drug-likeness (QED) is 0.0393. The molecule has 0 radical (unpaired) electrons. The summed E-state index contributed by atoms with van der Waals surface area (Å²) in [5.74, 6) is -6.09. The summed E-state index contributed by atoms with van der Waals surface area (Å²) in [5.41, 5.74) is 18.0. The molecular formula is C44H75N9O12. The van der Waals surface area contributed by atoms with Crippen LogP contribution >= 0.6 is 0 Å². The maximum Gasteiger partial charge on any atom is 0.305 e. The van der Waals surface area contributed by atoms with E-state index in [0.29, 0.717) is 31.4 Å². The summed E-state index contributed by atoms with van der Waals surface area (Å²) in [5, 5.41) is 54.7. The molecule has 16 N–H and O–H groups in total. The number of rotatable bonds is 34. The predicted octanol–water partition coefficient (Wildman–Crippen LogP) is -0.367. The van der Waals surface area contributed by atoms with Crippen molar-refractivity contribution >= 4 is 47.4 Å². The molecule has 0 aliphatic carbocycles. The molecule has 1 rings (SSSR count). The first-order chi connectivity index (χ1) is 30.6. The van der Waals surface area contributed by atoms with E-state index in [1.165, 1.54) is 12.1 Å². The third kappa shape index (κ3) is 26.9. The molecule has 65 heavy (non-hydrogen) atoms. The Morgan fingerprint density at radius 1 is 0.508 bits per heavy atom. The highest BCUT2D eigenvalue weighted by atomic mass is 16.4. The molecule has 368 valence electrons. The topological polar surface area (TPSA) is 368 Å². The molecule has 21 nitrogen and oxygen atoms in total. The zero-order chi connectivity index (χ0) is 49.1. The van der Waals surface area contributed by atoms with E-state index in [4.69, 9.17) is 17.2 Å². The molecule has 0 saturated heterocycles. The van der Waals surface area contributed by atoms with Crippen LogP contribution in [-0.2, 0) is 44.8 Å². The molecule has 1 aromatic carbocycles. The maximum absolute atomic E-state index is 13.3. The van der Waals surface area contributed by atoms with Gasteiger partial charge in [-0.3, -0.25) is 38.4 Å². The third-order valence-corrected chi connectivity index (χ3v) is 10.6. The molecular weight excluding hydrogens is 847 g/mol. The summed E-state index contributed by atoms with van der Waals surface area (Å²) in [7, 11) is 0. The van der Waals surface area contributed by atoms with Gasteiger partial charge in [-0.2, -0.15) is 0 Å². The van der Waals surface area contributed by atoms with E-state index in [0.717, 1.165) is 12.8 Å². The van der Waals surface area contributed by atoms with Crippen molar-refractivity contribution in [3.63, 3.8) is 0 Å². The molecule has 0 spiro atoms. The number of amides is 6.